The lowest BCUT2D eigenvalue weighted by molar-refractivity contribution is 0.412. The Bertz CT molecular complexity index is 1470. The van der Waals surface area contributed by atoms with E-state index in [0.29, 0.717) is 17.4 Å². The van der Waals surface area contributed by atoms with Gasteiger partial charge in [0.25, 0.3) is 0 Å². The molecule has 0 aliphatic heterocycles. The zero-order valence-electron chi connectivity index (χ0n) is 18.7. The van der Waals surface area contributed by atoms with Crippen LogP contribution >= 0.6 is 0 Å². The van der Waals surface area contributed by atoms with Gasteiger partial charge >= 0.3 is 0 Å². The molecule has 0 aliphatic rings. The molecule has 0 amide bonds. The van der Waals surface area contributed by atoms with E-state index < -0.39 is 0 Å². The van der Waals surface area contributed by atoms with Gasteiger partial charge in [0.05, 0.1) is 12.8 Å². The number of methoxy groups -OCH3 is 1. The summed E-state index contributed by atoms with van der Waals surface area (Å²) in [6, 6.07) is 14.0. The molecule has 5 rings (SSSR count). The molecule has 3 heterocycles. The van der Waals surface area contributed by atoms with Crippen LogP contribution in [0.1, 0.15) is 11.5 Å². The highest BCUT2D eigenvalue weighted by Gasteiger charge is 2.16. The highest BCUT2D eigenvalue weighted by Crippen LogP contribution is 2.32. The Morgan fingerprint density at radius 2 is 1.79 bits per heavy atom. The normalized spacial score (nSPS) is 11.2. The molecule has 0 saturated carbocycles. The predicted octanol–water partition coefficient (Wildman–Crippen LogP) is 4.72. The number of benzene rings is 2. The van der Waals surface area contributed by atoms with Crippen molar-refractivity contribution in [3.05, 3.63) is 72.2 Å². The molecular weight excluding hydrogens is 421 g/mol. The van der Waals surface area contributed by atoms with E-state index in [0.717, 1.165) is 39.5 Å². The summed E-state index contributed by atoms with van der Waals surface area (Å²) in [5.41, 5.74) is 5.54. The van der Waals surface area contributed by atoms with Crippen molar-refractivity contribution in [2.45, 2.75) is 13.8 Å². The second-order valence-electron chi connectivity index (χ2n) is 7.73. The highest BCUT2D eigenvalue weighted by molar-refractivity contribution is 5.91. The molecule has 1 N–H and O–H groups in total. The number of halogens is 1. The van der Waals surface area contributed by atoms with E-state index in [-0.39, 0.29) is 5.82 Å². The van der Waals surface area contributed by atoms with E-state index in [4.69, 9.17) is 9.72 Å². The fourth-order valence-corrected chi connectivity index (χ4v) is 3.79. The third-order valence-corrected chi connectivity index (χ3v) is 5.37. The van der Waals surface area contributed by atoms with Crippen molar-refractivity contribution < 1.29 is 9.13 Å². The average molecular weight is 443 g/mol. The summed E-state index contributed by atoms with van der Waals surface area (Å²) in [6.45, 7) is 3.77. The van der Waals surface area contributed by atoms with Gasteiger partial charge in [-0.25, -0.2) is 24.0 Å². The summed E-state index contributed by atoms with van der Waals surface area (Å²) in [7, 11) is 3.52. The van der Waals surface area contributed by atoms with Crippen LogP contribution in [-0.2, 0) is 7.05 Å². The number of nitrogens with one attached hydrogen (secondary N) is 1. The van der Waals surface area contributed by atoms with E-state index in [2.05, 4.69) is 20.4 Å². The van der Waals surface area contributed by atoms with Crippen LogP contribution in [0.15, 0.2) is 54.9 Å². The Labute approximate surface area is 189 Å². The fraction of sp³-hybridized carbons (Fsp3) is 0.167. The molecule has 33 heavy (non-hydrogen) atoms. The number of hydrogen-bond acceptors (Lipinski definition) is 6. The summed E-state index contributed by atoms with van der Waals surface area (Å²) < 4.78 is 22.6. The van der Waals surface area contributed by atoms with E-state index in [1.165, 1.54) is 12.1 Å². The topological polar surface area (TPSA) is 82.7 Å². The fourth-order valence-electron chi connectivity index (χ4n) is 3.79. The summed E-state index contributed by atoms with van der Waals surface area (Å²) in [5, 5.41) is 7.81. The lowest BCUT2D eigenvalue weighted by Gasteiger charge is -2.12. The van der Waals surface area contributed by atoms with Crippen LogP contribution < -0.4 is 10.1 Å². The maximum Gasteiger partial charge on any atom is 0.162 e. The van der Waals surface area contributed by atoms with Gasteiger partial charge in [-0.15, -0.1) is 0 Å². The molecule has 3 aromatic heterocycles. The molecule has 8 nitrogen and oxygen atoms in total. The number of nitrogens with zero attached hydrogens (tertiary/aromatic N) is 6. The number of imidazole rings is 1. The Balaban J connectivity index is 1.56. The smallest absolute Gasteiger partial charge is 0.162 e. The molecule has 0 atom stereocenters. The Morgan fingerprint density at radius 1 is 1.00 bits per heavy atom. The molecule has 0 fully saturated rings. The van der Waals surface area contributed by atoms with Gasteiger partial charge in [-0.3, -0.25) is 0 Å². The van der Waals surface area contributed by atoms with Crippen molar-refractivity contribution in [1.29, 1.82) is 0 Å². The number of hydrogen-bond donors (Lipinski definition) is 1. The summed E-state index contributed by atoms with van der Waals surface area (Å²) >= 11 is 0. The SMILES string of the molecule is COc1cc(Nc2cc(C)nc3c2nc(-c2ccc(F)cc2)n3C)ccc1-n1cnc(C)n1. The van der Waals surface area contributed by atoms with Crippen molar-refractivity contribution in [2.75, 3.05) is 12.4 Å². The Morgan fingerprint density at radius 3 is 2.48 bits per heavy atom. The van der Waals surface area contributed by atoms with Crippen LogP contribution in [0.5, 0.6) is 5.75 Å². The molecule has 5 aromatic rings. The molecule has 166 valence electrons. The Hall–Kier alpha value is -4.27. The number of ether oxygens (including phenoxy) is 1. The van der Waals surface area contributed by atoms with Gasteiger partial charge in [0.15, 0.2) is 5.65 Å². The summed E-state index contributed by atoms with van der Waals surface area (Å²) in [4.78, 5) is 13.7. The summed E-state index contributed by atoms with van der Waals surface area (Å²) in [5.74, 6) is 1.76. The number of aryl methyl sites for hydroxylation is 3. The second-order valence-corrected chi connectivity index (χ2v) is 7.73. The first-order valence-corrected chi connectivity index (χ1v) is 10.4. The quantitative estimate of drug-likeness (QED) is 0.423. The van der Waals surface area contributed by atoms with E-state index in [1.54, 1.807) is 30.3 Å². The van der Waals surface area contributed by atoms with Gasteiger partial charge in [-0.2, -0.15) is 5.10 Å². The minimum absolute atomic E-state index is 0.285. The van der Waals surface area contributed by atoms with Gasteiger partial charge in [-0.1, -0.05) is 0 Å². The van der Waals surface area contributed by atoms with Crippen LogP contribution in [0.3, 0.4) is 0 Å². The average Bonchev–Trinajstić information content (AvgIpc) is 3.38. The van der Waals surface area contributed by atoms with Crippen molar-refractivity contribution >= 4 is 22.5 Å². The molecule has 9 heteroatoms. The van der Waals surface area contributed by atoms with Crippen LogP contribution in [0.4, 0.5) is 15.8 Å². The molecule has 0 spiro atoms. The number of anilines is 2. The maximum atomic E-state index is 13.4. The van der Waals surface area contributed by atoms with Gasteiger partial charge in [-0.05, 0) is 56.3 Å². The first kappa shape index (κ1) is 20.6. The Kier molecular flexibility index (Phi) is 5.01. The number of aromatic nitrogens is 6. The van der Waals surface area contributed by atoms with Crippen molar-refractivity contribution in [1.82, 2.24) is 29.3 Å². The molecule has 0 saturated heterocycles. The van der Waals surface area contributed by atoms with E-state index in [9.17, 15) is 4.39 Å². The summed E-state index contributed by atoms with van der Waals surface area (Å²) in [6.07, 6.45) is 1.65. The van der Waals surface area contributed by atoms with E-state index in [1.807, 2.05) is 49.7 Å². The van der Waals surface area contributed by atoms with Crippen LogP contribution in [-0.4, -0.2) is 36.4 Å². The largest absolute Gasteiger partial charge is 0.494 e. The lowest BCUT2D eigenvalue weighted by atomic mass is 10.2. The third-order valence-electron chi connectivity index (χ3n) is 5.37. The standard InChI is InChI=1S/C24H22FN7O/c1-14-11-19(22-24(27-14)31(3)23(29-22)16-5-7-17(25)8-6-16)28-18-9-10-20(21(12-18)33-4)32-13-26-15(2)30-32/h5-13H,1-4H3,(H,27,28). The lowest BCUT2D eigenvalue weighted by Crippen LogP contribution is -2.01. The predicted molar refractivity (Wildman–Crippen MR) is 125 cm³/mol. The van der Waals surface area contributed by atoms with Crippen molar-refractivity contribution in [2.24, 2.45) is 7.05 Å². The number of fused-ring (bicyclic) bond motifs is 1. The maximum absolute atomic E-state index is 13.4. The number of pyridine rings is 1. The van der Waals surface area contributed by atoms with Crippen LogP contribution in [0.2, 0.25) is 0 Å². The molecule has 0 bridgehead atoms. The molecule has 0 aliphatic carbocycles. The van der Waals surface area contributed by atoms with Crippen LogP contribution in [0, 0.1) is 19.7 Å². The van der Waals surface area contributed by atoms with Gasteiger partial charge in [0, 0.05) is 30.1 Å². The monoisotopic (exact) mass is 443 g/mol. The van der Waals surface area contributed by atoms with Crippen LogP contribution in [0.25, 0.3) is 28.2 Å². The minimum Gasteiger partial charge on any atom is -0.494 e. The first-order valence-electron chi connectivity index (χ1n) is 10.4. The van der Waals surface area contributed by atoms with Gasteiger partial charge < -0.3 is 14.6 Å². The zero-order chi connectivity index (χ0) is 23.1. The molecule has 0 unspecified atom stereocenters. The third kappa shape index (κ3) is 3.78. The zero-order valence-corrected chi connectivity index (χ0v) is 18.7. The van der Waals surface area contributed by atoms with Crippen molar-refractivity contribution in [3.8, 4) is 22.8 Å². The van der Waals surface area contributed by atoms with Gasteiger partial charge in [0.2, 0.25) is 0 Å². The highest BCUT2D eigenvalue weighted by atomic mass is 19.1. The first-order chi connectivity index (χ1) is 15.9. The molecule has 2 aromatic carbocycles. The minimum atomic E-state index is -0.285. The molecular formula is C24H22FN7O. The van der Waals surface area contributed by atoms with Gasteiger partial charge in [0.1, 0.15) is 40.7 Å². The van der Waals surface area contributed by atoms with E-state index >= 15 is 0 Å². The number of rotatable bonds is 5. The second kappa shape index (κ2) is 8.01. The van der Waals surface area contributed by atoms with Crippen molar-refractivity contribution in [3.63, 3.8) is 0 Å². The molecule has 0 radical (unpaired) electrons.